The van der Waals surface area contributed by atoms with Crippen molar-refractivity contribution in [3.63, 3.8) is 0 Å². The van der Waals surface area contributed by atoms with Gasteiger partial charge in [0, 0.05) is 7.11 Å². The Kier molecular flexibility index (Phi) is 2.62. The summed E-state index contributed by atoms with van der Waals surface area (Å²) in [7, 11) is 1.43. The Bertz CT molecular complexity index is 157. The number of hydrogen-bond acceptors (Lipinski definition) is 4. The van der Waals surface area contributed by atoms with Gasteiger partial charge >= 0.3 is 0 Å². The molecule has 3 N–H and O–H groups in total. The zero-order valence-corrected chi connectivity index (χ0v) is 6.21. The number of hydrogen-bond donors (Lipinski definition) is 3. The van der Waals surface area contributed by atoms with Crippen molar-refractivity contribution in [3.8, 4) is 0 Å². The third-order valence-corrected chi connectivity index (χ3v) is 1.81. The molecule has 0 spiro atoms. The summed E-state index contributed by atoms with van der Waals surface area (Å²) in [5.74, 6) is 0. The van der Waals surface area contributed by atoms with Gasteiger partial charge in [0.05, 0.1) is 0 Å². The van der Waals surface area contributed by atoms with Gasteiger partial charge in [-0.25, -0.2) is 0 Å². The first-order valence-corrected chi connectivity index (χ1v) is 3.42. The molecule has 64 valence electrons. The van der Waals surface area contributed by atoms with E-state index in [9.17, 15) is 5.11 Å². The molecule has 0 saturated carbocycles. The van der Waals surface area contributed by atoms with Crippen molar-refractivity contribution in [1.29, 1.82) is 0 Å². The standard InChI is InChI=1S/C7H12O4/c1-11-5-3-2-4(8)6(9)7(5)10/h2-10H,1H3/t4-,5-,6+,7-/m1/s1. The molecule has 0 amide bonds. The smallest absolute Gasteiger partial charge is 0.112 e. The lowest BCUT2D eigenvalue weighted by Gasteiger charge is -2.29. The van der Waals surface area contributed by atoms with Gasteiger partial charge in [-0.15, -0.1) is 0 Å². The Labute approximate surface area is 64.7 Å². The third kappa shape index (κ3) is 1.59. The minimum absolute atomic E-state index is 0.520. The lowest BCUT2D eigenvalue weighted by Crippen LogP contribution is -2.46. The molecule has 1 aliphatic carbocycles. The van der Waals surface area contributed by atoms with Gasteiger partial charge in [-0.3, -0.25) is 0 Å². The number of aliphatic hydroxyl groups is 3. The second-order valence-corrected chi connectivity index (χ2v) is 2.56. The van der Waals surface area contributed by atoms with Crippen molar-refractivity contribution < 1.29 is 20.1 Å². The summed E-state index contributed by atoms with van der Waals surface area (Å²) in [5, 5.41) is 27.3. The summed E-state index contributed by atoms with van der Waals surface area (Å²) in [6.07, 6.45) is -0.761. The van der Waals surface area contributed by atoms with Gasteiger partial charge in [-0.05, 0) is 0 Å². The van der Waals surface area contributed by atoms with Crippen LogP contribution in [0.15, 0.2) is 12.2 Å². The average molecular weight is 160 g/mol. The minimum atomic E-state index is -1.15. The van der Waals surface area contributed by atoms with E-state index in [4.69, 9.17) is 14.9 Å². The van der Waals surface area contributed by atoms with Crippen LogP contribution in [0.1, 0.15) is 0 Å². The fraction of sp³-hybridized carbons (Fsp3) is 0.714. The van der Waals surface area contributed by atoms with Crippen LogP contribution < -0.4 is 0 Å². The molecule has 0 heterocycles. The van der Waals surface area contributed by atoms with Crippen molar-refractivity contribution in [2.75, 3.05) is 7.11 Å². The molecule has 0 aromatic carbocycles. The van der Waals surface area contributed by atoms with E-state index in [1.165, 1.54) is 19.3 Å². The summed E-state index contributed by atoms with van der Waals surface area (Å²) in [4.78, 5) is 0. The average Bonchev–Trinajstić information content (AvgIpc) is 2.01. The van der Waals surface area contributed by atoms with Crippen molar-refractivity contribution in [3.05, 3.63) is 12.2 Å². The molecule has 1 rings (SSSR count). The van der Waals surface area contributed by atoms with Crippen LogP contribution in [-0.4, -0.2) is 46.8 Å². The SMILES string of the molecule is CO[C@@H]1C=C[C@@H](O)[C@H](O)[C@@H]1O. The quantitative estimate of drug-likeness (QED) is 0.415. The van der Waals surface area contributed by atoms with Crippen molar-refractivity contribution in [2.45, 2.75) is 24.4 Å². The molecule has 0 aliphatic heterocycles. The summed E-state index contributed by atoms with van der Waals surface area (Å²) >= 11 is 0. The molecule has 0 aromatic rings. The highest BCUT2D eigenvalue weighted by Crippen LogP contribution is 2.15. The van der Waals surface area contributed by atoms with Crippen molar-refractivity contribution >= 4 is 0 Å². The molecule has 0 saturated heterocycles. The van der Waals surface area contributed by atoms with E-state index in [0.29, 0.717) is 0 Å². The third-order valence-electron chi connectivity index (χ3n) is 1.81. The van der Waals surface area contributed by atoms with E-state index < -0.39 is 24.4 Å². The van der Waals surface area contributed by atoms with Gasteiger partial charge in [0.2, 0.25) is 0 Å². The van der Waals surface area contributed by atoms with Crippen molar-refractivity contribution in [2.24, 2.45) is 0 Å². The first-order valence-electron chi connectivity index (χ1n) is 3.42. The monoisotopic (exact) mass is 160 g/mol. The van der Waals surface area contributed by atoms with Crippen LogP contribution in [-0.2, 0) is 4.74 Å². The number of methoxy groups -OCH3 is 1. The van der Waals surface area contributed by atoms with E-state index in [0.717, 1.165) is 0 Å². The molecule has 0 aromatic heterocycles. The molecule has 11 heavy (non-hydrogen) atoms. The molecule has 0 unspecified atom stereocenters. The van der Waals surface area contributed by atoms with E-state index in [2.05, 4.69) is 0 Å². The summed E-state index contributed by atoms with van der Waals surface area (Å²) in [6.45, 7) is 0. The maximum atomic E-state index is 9.22. The molecule has 1 aliphatic rings. The highest BCUT2D eigenvalue weighted by Gasteiger charge is 2.32. The highest BCUT2D eigenvalue weighted by molar-refractivity contribution is 5.08. The Morgan fingerprint density at radius 1 is 1.09 bits per heavy atom. The second kappa shape index (κ2) is 3.32. The van der Waals surface area contributed by atoms with Gasteiger partial charge in [0.1, 0.15) is 24.4 Å². The van der Waals surface area contributed by atoms with E-state index in [-0.39, 0.29) is 0 Å². The minimum Gasteiger partial charge on any atom is -0.387 e. The van der Waals surface area contributed by atoms with Crippen LogP contribution in [0.25, 0.3) is 0 Å². The normalized spacial score (nSPS) is 44.4. The van der Waals surface area contributed by atoms with Crippen LogP contribution in [0.2, 0.25) is 0 Å². The fourth-order valence-corrected chi connectivity index (χ4v) is 1.07. The molecular weight excluding hydrogens is 148 g/mol. The highest BCUT2D eigenvalue weighted by atomic mass is 16.5. The lowest BCUT2D eigenvalue weighted by atomic mass is 9.96. The Hall–Kier alpha value is -0.420. The van der Waals surface area contributed by atoms with E-state index in [1.54, 1.807) is 0 Å². The predicted molar refractivity (Wildman–Crippen MR) is 38.0 cm³/mol. The number of ether oxygens (including phenoxy) is 1. The maximum Gasteiger partial charge on any atom is 0.112 e. The van der Waals surface area contributed by atoms with Crippen molar-refractivity contribution in [1.82, 2.24) is 0 Å². The maximum absolute atomic E-state index is 9.22. The Balaban J connectivity index is 2.68. The number of aliphatic hydroxyl groups excluding tert-OH is 3. The van der Waals surface area contributed by atoms with E-state index in [1.807, 2.05) is 0 Å². The van der Waals surface area contributed by atoms with Crippen LogP contribution >= 0.6 is 0 Å². The van der Waals surface area contributed by atoms with Crippen LogP contribution in [0.4, 0.5) is 0 Å². The first kappa shape index (κ1) is 8.67. The molecule has 0 fully saturated rings. The Morgan fingerprint density at radius 3 is 2.27 bits per heavy atom. The first-order chi connectivity index (χ1) is 5.16. The van der Waals surface area contributed by atoms with Gasteiger partial charge in [-0.2, -0.15) is 0 Å². The van der Waals surface area contributed by atoms with Gasteiger partial charge < -0.3 is 20.1 Å². The Morgan fingerprint density at radius 2 is 1.73 bits per heavy atom. The van der Waals surface area contributed by atoms with Crippen LogP contribution in [0.3, 0.4) is 0 Å². The largest absolute Gasteiger partial charge is 0.387 e. The molecule has 4 nitrogen and oxygen atoms in total. The predicted octanol–water partition coefficient (Wildman–Crippen LogP) is -1.35. The summed E-state index contributed by atoms with van der Waals surface area (Å²) in [5.41, 5.74) is 0. The summed E-state index contributed by atoms with van der Waals surface area (Å²) in [6, 6.07) is 0. The lowest BCUT2D eigenvalue weighted by molar-refractivity contribution is -0.0980. The molecular formula is C7H12O4. The van der Waals surface area contributed by atoms with E-state index >= 15 is 0 Å². The topological polar surface area (TPSA) is 69.9 Å². The zero-order valence-electron chi connectivity index (χ0n) is 6.21. The second-order valence-electron chi connectivity index (χ2n) is 2.56. The van der Waals surface area contributed by atoms with Crippen LogP contribution in [0.5, 0.6) is 0 Å². The molecule has 0 radical (unpaired) electrons. The summed E-state index contributed by atoms with van der Waals surface area (Å²) < 4.78 is 4.81. The number of rotatable bonds is 1. The van der Waals surface area contributed by atoms with Gasteiger partial charge in [-0.1, -0.05) is 12.2 Å². The molecule has 4 heteroatoms. The van der Waals surface area contributed by atoms with Crippen LogP contribution in [0, 0.1) is 0 Å². The van der Waals surface area contributed by atoms with Gasteiger partial charge in [0.15, 0.2) is 0 Å². The fourth-order valence-electron chi connectivity index (χ4n) is 1.07. The zero-order chi connectivity index (χ0) is 8.43. The molecule has 4 atom stereocenters. The molecule has 0 bridgehead atoms. The van der Waals surface area contributed by atoms with Gasteiger partial charge in [0.25, 0.3) is 0 Å².